The van der Waals surface area contributed by atoms with E-state index >= 15 is 0 Å². The zero-order chi connectivity index (χ0) is 12.6. The number of hydrogen-bond donors (Lipinski definition) is 1. The van der Waals surface area contributed by atoms with Gasteiger partial charge in [-0.05, 0) is 27.2 Å². The molecule has 0 saturated heterocycles. The Bertz CT molecular complexity index is 202. The highest BCUT2D eigenvalue weighted by molar-refractivity contribution is 6.21. The van der Waals surface area contributed by atoms with E-state index in [1.54, 1.807) is 0 Å². The summed E-state index contributed by atoms with van der Waals surface area (Å²) in [5.74, 6) is 0.119. The van der Waals surface area contributed by atoms with E-state index in [0.717, 1.165) is 12.8 Å². The molecular weight excluding hydrogens is 222 g/mol. The van der Waals surface area contributed by atoms with E-state index in [-0.39, 0.29) is 16.8 Å². The quantitative estimate of drug-likeness (QED) is 0.512. The van der Waals surface area contributed by atoms with Crippen LogP contribution in [-0.4, -0.2) is 16.8 Å². The first-order valence-electron chi connectivity index (χ1n) is 6.35. The summed E-state index contributed by atoms with van der Waals surface area (Å²) in [6.45, 7) is 8.01. The Balaban J connectivity index is 3.66. The normalized spacial score (nSPS) is 13.6. The molecule has 0 bridgehead atoms. The van der Waals surface area contributed by atoms with E-state index in [4.69, 9.17) is 11.6 Å². The van der Waals surface area contributed by atoms with Gasteiger partial charge in [-0.15, -0.1) is 11.6 Å². The van der Waals surface area contributed by atoms with Gasteiger partial charge in [0.05, 0.1) is 10.9 Å². The maximum Gasteiger partial charge on any atom is 0.220 e. The Morgan fingerprint density at radius 3 is 2.31 bits per heavy atom. The van der Waals surface area contributed by atoms with Gasteiger partial charge in [0, 0.05) is 6.42 Å². The van der Waals surface area contributed by atoms with Crippen molar-refractivity contribution >= 4 is 17.5 Å². The van der Waals surface area contributed by atoms with Gasteiger partial charge < -0.3 is 5.32 Å². The second-order valence-corrected chi connectivity index (χ2v) is 5.70. The van der Waals surface area contributed by atoms with Gasteiger partial charge in [0.25, 0.3) is 0 Å². The number of halogens is 1. The SMILES string of the molecule is CCCCCCCC(=O)NC(C)(C)C(C)Cl. The van der Waals surface area contributed by atoms with Crippen LogP contribution in [0.25, 0.3) is 0 Å². The predicted octanol–water partition coefficient (Wildman–Crippen LogP) is 3.87. The maximum absolute atomic E-state index is 11.6. The Morgan fingerprint density at radius 1 is 1.25 bits per heavy atom. The average Bonchev–Trinajstić information content (AvgIpc) is 2.16. The second-order valence-electron chi connectivity index (χ2n) is 5.05. The van der Waals surface area contributed by atoms with Crippen LogP contribution in [0.2, 0.25) is 0 Å². The van der Waals surface area contributed by atoms with E-state index in [0.29, 0.717) is 6.42 Å². The fourth-order valence-corrected chi connectivity index (χ4v) is 1.46. The van der Waals surface area contributed by atoms with Crippen molar-refractivity contribution in [3.8, 4) is 0 Å². The fraction of sp³-hybridized carbons (Fsp3) is 0.923. The molecule has 1 amide bonds. The molecule has 0 fully saturated rings. The van der Waals surface area contributed by atoms with Gasteiger partial charge in [-0.1, -0.05) is 32.6 Å². The summed E-state index contributed by atoms with van der Waals surface area (Å²) in [4.78, 5) is 11.6. The molecule has 0 aliphatic carbocycles. The van der Waals surface area contributed by atoms with Crippen molar-refractivity contribution in [3.05, 3.63) is 0 Å². The van der Waals surface area contributed by atoms with Crippen LogP contribution in [0.5, 0.6) is 0 Å². The first-order valence-corrected chi connectivity index (χ1v) is 6.79. The highest BCUT2D eigenvalue weighted by atomic mass is 35.5. The van der Waals surface area contributed by atoms with E-state index in [1.807, 2.05) is 20.8 Å². The van der Waals surface area contributed by atoms with E-state index in [1.165, 1.54) is 19.3 Å². The van der Waals surface area contributed by atoms with Crippen LogP contribution in [0.3, 0.4) is 0 Å². The van der Waals surface area contributed by atoms with Gasteiger partial charge >= 0.3 is 0 Å². The lowest BCUT2D eigenvalue weighted by Gasteiger charge is -2.29. The number of carbonyl (C=O) groups excluding carboxylic acids is 1. The second kappa shape index (κ2) is 7.94. The monoisotopic (exact) mass is 247 g/mol. The summed E-state index contributed by atoms with van der Waals surface area (Å²) in [7, 11) is 0. The molecule has 16 heavy (non-hydrogen) atoms. The van der Waals surface area contributed by atoms with E-state index in [2.05, 4.69) is 12.2 Å². The molecule has 0 heterocycles. The molecule has 1 atom stereocenters. The Hall–Kier alpha value is -0.240. The van der Waals surface area contributed by atoms with Gasteiger partial charge in [0.2, 0.25) is 5.91 Å². The third-order valence-corrected chi connectivity index (χ3v) is 3.51. The predicted molar refractivity (Wildman–Crippen MR) is 70.9 cm³/mol. The molecule has 0 spiro atoms. The smallest absolute Gasteiger partial charge is 0.220 e. The standard InChI is InChI=1S/C13H26ClNO/c1-5-6-7-8-9-10-12(16)15-13(3,4)11(2)14/h11H,5-10H2,1-4H3,(H,15,16). The van der Waals surface area contributed by atoms with Crippen molar-refractivity contribution in [1.82, 2.24) is 5.32 Å². The molecule has 0 saturated carbocycles. The number of hydrogen-bond acceptors (Lipinski definition) is 1. The molecule has 0 aromatic heterocycles. The minimum absolute atomic E-state index is 0.0588. The lowest BCUT2D eigenvalue weighted by molar-refractivity contribution is -0.122. The third-order valence-electron chi connectivity index (χ3n) is 2.96. The molecule has 0 aromatic rings. The Kier molecular flexibility index (Phi) is 7.82. The zero-order valence-corrected chi connectivity index (χ0v) is 11.9. The van der Waals surface area contributed by atoms with Crippen molar-refractivity contribution < 1.29 is 4.79 Å². The minimum Gasteiger partial charge on any atom is -0.350 e. The number of carbonyl (C=O) groups is 1. The van der Waals surface area contributed by atoms with Crippen LogP contribution < -0.4 is 5.32 Å². The number of unbranched alkanes of at least 4 members (excludes halogenated alkanes) is 4. The lowest BCUT2D eigenvalue weighted by Crippen LogP contribution is -2.48. The van der Waals surface area contributed by atoms with Gasteiger partial charge in [0.1, 0.15) is 0 Å². The molecule has 0 aliphatic rings. The summed E-state index contributed by atoms with van der Waals surface area (Å²) in [5.41, 5.74) is -0.317. The summed E-state index contributed by atoms with van der Waals surface area (Å²) in [6, 6.07) is 0. The highest BCUT2D eigenvalue weighted by Gasteiger charge is 2.25. The molecule has 0 aliphatic heterocycles. The molecule has 0 aromatic carbocycles. The van der Waals surface area contributed by atoms with Crippen molar-refractivity contribution in [1.29, 1.82) is 0 Å². The minimum atomic E-state index is -0.317. The third kappa shape index (κ3) is 7.10. The van der Waals surface area contributed by atoms with Crippen molar-refractivity contribution in [2.45, 2.75) is 77.1 Å². The molecule has 0 radical (unpaired) electrons. The van der Waals surface area contributed by atoms with E-state index in [9.17, 15) is 4.79 Å². The molecule has 0 rings (SSSR count). The first kappa shape index (κ1) is 15.8. The molecule has 1 unspecified atom stereocenters. The molecule has 3 heteroatoms. The van der Waals surface area contributed by atoms with Crippen molar-refractivity contribution in [3.63, 3.8) is 0 Å². The zero-order valence-electron chi connectivity index (χ0n) is 11.1. The van der Waals surface area contributed by atoms with Gasteiger partial charge in [-0.3, -0.25) is 4.79 Å². The van der Waals surface area contributed by atoms with Crippen LogP contribution in [0.15, 0.2) is 0 Å². The van der Waals surface area contributed by atoms with Crippen LogP contribution in [0, 0.1) is 0 Å². The van der Waals surface area contributed by atoms with Crippen LogP contribution >= 0.6 is 11.6 Å². The van der Waals surface area contributed by atoms with E-state index < -0.39 is 0 Å². The van der Waals surface area contributed by atoms with Crippen LogP contribution in [-0.2, 0) is 4.79 Å². The number of nitrogens with one attached hydrogen (secondary N) is 1. The summed E-state index contributed by atoms with van der Waals surface area (Å²) in [6.07, 6.45) is 6.50. The molecule has 96 valence electrons. The van der Waals surface area contributed by atoms with Crippen LogP contribution in [0.4, 0.5) is 0 Å². The van der Waals surface area contributed by atoms with Crippen LogP contribution in [0.1, 0.15) is 66.2 Å². The van der Waals surface area contributed by atoms with Crippen molar-refractivity contribution in [2.24, 2.45) is 0 Å². The number of rotatable bonds is 8. The lowest BCUT2D eigenvalue weighted by atomic mass is 10.0. The van der Waals surface area contributed by atoms with Gasteiger partial charge in [-0.2, -0.15) is 0 Å². The fourth-order valence-electron chi connectivity index (χ4n) is 1.41. The average molecular weight is 248 g/mol. The summed E-state index contributed by atoms with van der Waals surface area (Å²) >= 11 is 6.00. The molecular formula is C13H26ClNO. The van der Waals surface area contributed by atoms with Gasteiger partial charge in [0.15, 0.2) is 0 Å². The maximum atomic E-state index is 11.6. The molecule has 1 N–H and O–H groups in total. The van der Waals surface area contributed by atoms with Gasteiger partial charge in [-0.25, -0.2) is 0 Å². The van der Waals surface area contributed by atoms with Crippen molar-refractivity contribution in [2.75, 3.05) is 0 Å². The number of amides is 1. The summed E-state index contributed by atoms with van der Waals surface area (Å²) in [5, 5.41) is 2.92. The topological polar surface area (TPSA) is 29.1 Å². The first-order chi connectivity index (χ1) is 7.40. The highest BCUT2D eigenvalue weighted by Crippen LogP contribution is 2.15. The largest absolute Gasteiger partial charge is 0.350 e. The molecule has 2 nitrogen and oxygen atoms in total. The Morgan fingerprint density at radius 2 is 1.81 bits per heavy atom. The Labute approximate surface area is 105 Å². The summed E-state index contributed by atoms with van der Waals surface area (Å²) < 4.78 is 0. The number of alkyl halides is 1.